The summed E-state index contributed by atoms with van der Waals surface area (Å²) < 4.78 is 0. The number of hydrogen-bond acceptors (Lipinski definition) is 6. The summed E-state index contributed by atoms with van der Waals surface area (Å²) in [7, 11) is 5.69. The molecule has 0 bridgehead atoms. The van der Waals surface area contributed by atoms with Crippen LogP contribution < -0.4 is 15.5 Å². The molecule has 6 nitrogen and oxygen atoms in total. The van der Waals surface area contributed by atoms with Gasteiger partial charge in [-0.25, -0.2) is 0 Å². The molecule has 20 heavy (non-hydrogen) atoms. The number of nitrogens with one attached hydrogen (secondary N) is 2. The van der Waals surface area contributed by atoms with Crippen molar-refractivity contribution in [3.05, 3.63) is 0 Å². The number of anilines is 3. The van der Waals surface area contributed by atoms with Crippen molar-refractivity contribution in [3.8, 4) is 0 Å². The largest absolute Gasteiger partial charge is 0.357 e. The highest BCUT2D eigenvalue weighted by atomic mass is 15.3. The van der Waals surface area contributed by atoms with Crippen LogP contribution in [-0.4, -0.2) is 42.1 Å². The fraction of sp³-hybridized carbons (Fsp3) is 0.786. The Bertz CT molecular complexity index is 437. The summed E-state index contributed by atoms with van der Waals surface area (Å²) >= 11 is 0. The summed E-state index contributed by atoms with van der Waals surface area (Å²) in [6, 6.07) is 0.455. The zero-order chi connectivity index (χ0) is 14.7. The highest BCUT2D eigenvalue weighted by molar-refractivity contribution is 5.43. The van der Waals surface area contributed by atoms with E-state index in [9.17, 15) is 0 Å². The van der Waals surface area contributed by atoms with Gasteiger partial charge in [0.1, 0.15) is 0 Å². The molecule has 0 spiro atoms. The average Bonchev–Trinajstić information content (AvgIpc) is 2.36. The van der Waals surface area contributed by atoms with Gasteiger partial charge < -0.3 is 15.5 Å². The first-order chi connectivity index (χ1) is 9.47. The molecule has 0 saturated heterocycles. The Morgan fingerprint density at radius 3 is 2.10 bits per heavy atom. The summed E-state index contributed by atoms with van der Waals surface area (Å²) in [5.74, 6) is 3.46. The van der Waals surface area contributed by atoms with Gasteiger partial charge in [0.2, 0.25) is 17.8 Å². The van der Waals surface area contributed by atoms with Crippen LogP contribution in [-0.2, 0) is 0 Å². The second-order valence-corrected chi connectivity index (χ2v) is 6.19. The smallest absolute Gasteiger partial charge is 0.231 e. The Morgan fingerprint density at radius 1 is 0.950 bits per heavy atom. The van der Waals surface area contributed by atoms with Gasteiger partial charge in [-0.05, 0) is 31.1 Å². The predicted molar refractivity (Wildman–Crippen MR) is 83.3 cm³/mol. The quantitative estimate of drug-likeness (QED) is 0.880. The zero-order valence-corrected chi connectivity index (χ0v) is 13.1. The number of aromatic nitrogens is 3. The molecule has 1 saturated carbocycles. The maximum atomic E-state index is 4.48. The van der Waals surface area contributed by atoms with Crippen molar-refractivity contribution < 1.29 is 0 Å². The molecular formula is C14H26N6. The third-order valence-corrected chi connectivity index (χ3v) is 3.76. The number of rotatable bonds is 4. The van der Waals surface area contributed by atoms with E-state index in [0.29, 0.717) is 23.9 Å². The predicted octanol–water partition coefficient (Wildman–Crippen LogP) is 2.22. The van der Waals surface area contributed by atoms with Gasteiger partial charge in [-0.2, -0.15) is 15.0 Å². The lowest BCUT2D eigenvalue weighted by molar-refractivity contribution is 0.280. The van der Waals surface area contributed by atoms with Crippen molar-refractivity contribution in [1.82, 2.24) is 15.0 Å². The van der Waals surface area contributed by atoms with Crippen LogP contribution in [0.5, 0.6) is 0 Å². The van der Waals surface area contributed by atoms with Crippen LogP contribution in [0.25, 0.3) is 0 Å². The van der Waals surface area contributed by atoms with E-state index in [2.05, 4.69) is 39.4 Å². The van der Waals surface area contributed by atoms with E-state index in [1.165, 1.54) is 19.3 Å². The topological polar surface area (TPSA) is 66.0 Å². The summed E-state index contributed by atoms with van der Waals surface area (Å²) in [6.45, 7) is 4.64. The molecule has 6 heteroatoms. The Morgan fingerprint density at radius 2 is 1.55 bits per heavy atom. The fourth-order valence-corrected chi connectivity index (χ4v) is 2.99. The van der Waals surface area contributed by atoms with Gasteiger partial charge in [-0.1, -0.05) is 13.8 Å². The normalized spacial score (nSPS) is 26.1. The molecule has 2 rings (SSSR count). The van der Waals surface area contributed by atoms with Gasteiger partial charge in [-0.3, -0.25) is 0 Å². The summed E-state index contributed by atoms with van der Waals surface area (Å²) in [4.78, 5) is 15.1. The average molecular weight is 278 g/mol. The Hall–Kier alpha value is -1.59. The Labute approximate surface area is 121 Å². The molecule has 1 aliphatic carbocycles. The standard InChI is InChI=1S/C14H26N6/c1-9-6-10(2)8-11(7-9)16-13-17-12(15-3)18-14(19-13)20(4)5/h9-11H,6-8H2,1-5H3,(H2,15,16,17,18,19). The van der Waals surface area contributed by atoms with Crippen LogP contribution >= 0.6 is 0 Å². The molecule has 0 radical (unpaired) electrons. The van der Waals surface area contributed by atoms with Crippen molar-refractivity contribution in [3.63, 3.8) is 0 Å². The third kappa shape index (κ3) is 3.71. The van der Waals surface area contributed by atoms with E-state index in [1.807, 2.05) is 26.0 Å². The first kappa shape index (κ1) is 14.8. The van der Waals surface area contributed by atoms with Crippen molar-refractivity contribution in [1.29, 1.82) is 0 Å². The molecule has 0 aliphatic heterocycles. The highest BCUT2D eigenvalue weighted by Gasteiger charge is 2.24. The molecule has 0 aromatic carbocycles. The molecule has 1 fully saturated rings. The van der Waals surface area contributed by atoms with E-state index in [-0.39, 0.29) is 0 Å². The molecule has 2 atom stereocenters. The molecule has 1 aromatic heterocycles. The van der Waals surface area contributed by atoms with Crippen LogP contribution in [0.15, 0.2) is 0 Å². The lowest BCUT2D eigenvalue weighted by Gasteiger charge is -2.32. The lowest BCUT2D eigenvalue weighted by atomic mass is 9.80. The van der Waals surface area contributed by atoms with Crippen molar-refractivity contribution >= 4 is 17.8 Å². The maximum absolute atomic E-state index is 4.48. The van der Waals surface area contributed by atoms with Gasteiger partial charge in [-0.15, -0.1) is 0 Å². The number of hydrogen-bond donors (Lipinski definition) is 2. The first-order valence-electron chi connectivity index (χ1n) is 7.35. The van der Waals surface area contributed by atoms with Crippen LogP contribution in [0.2, 0.25) is 0 Å². The molecule has 112 valence electrons. The van der Waals surface area contributed by atoms with Gasteiger partial charge in [0.15, 0.2) is 0 Å². The van der Waals surface area contributed by atoms with E-state index >= 15 is 0 Å². The Kier molecular flexibility index (Phi) is 4.62. The monoisotopic (exact) mass is 278 g/mol. The summed E-state index contributed by atoms with van der Waals surface area (Å²) in [6.07, 6.45) is 3.69. The minimum atomic E-state index is 0.455. The third-order valence-electron chi connectivity index (χ3n) is 3.76. The van der Waals surface area contributed by atoms with Crippen molar-refractivity contribution in [2.24, 2.45) is 11.8 Å². The molecule has 1 heterocycles. The van der Waals surface area contributed by atoms with Crippen molar-refractivity contribution in [2.45, 2.75) is 39.2 Å². The van der Waals surface area contributed by atoms with Crippen LogP contribution in [0, 0.1) is 11.8 Å². The second kappa shape index (κ2) is 6.24. The molecule has 1 aliphatic rings. The van der Waals surface area contributed by atoms with E-state index in [4.69, 9.17) is 0 Å². The molecule has 1 aromatic rings. The lowest BCUT2D eigenvalue weighted by Crippen LogP contribution is -2.31. The van der Waals surface area contributed by atoms with E-state index in [0.717, 1.165) is 11.8 Å². The Balaban J connectivity index is 2.13. The first-order valence-corrected chi connectivity index (χ1v) is 7.35. The highest BCUT2D eigenvalue weighted by Crippen LogP contribution is 2.30. The summed E-state index contributed by atoms with van der Waals surface area (Å²) in [5, 5.41) is 6.47. The molecule has 2 unspecified atom stereocenters. The van der Waals surface area contributed by atoms with Crippen LogP contribution in [0.3, 0.4) is 0 Å². The van der Waals surface area contributed by atoms with Crippen LogP contribution in [0.4, 0.5) is 17.8 Å². The number of nitrogens with zero attached hydrogens (tertiary/aromatic N) is 4. The zero-order valence-electron chi connectivity index (χ0n) is 13.1. The van der Waals surface area contributed by atoms with Gasteiger partial charge in [0.25, 0.3) is 0 Å². The minimum absolute atomic E-state index is 0.455. The maximum Gasteiger partial charge on any atom is 0.231 e. The van der Waals surface area contributed by atoms with E-state index < -0.39 is 0 Å². The van der Waals surface area contributed by atoms with E-state index in [1.54, 1.807) is 0 Å². The van der Waals surface area contributed by atoms with Gasteiger partial charge in [0.05, 0.1) is 0 Å². The molecule has 0 amide bonds. The fourth-order valence-electron chi connectivity index (χ4n) is 2.99. The van der Waals surface area contributed by atoms with Crippen molar-refractivity contribution in [2.75, 3.05) is 36.7 Å². The van der Waals surface area contributed by atoms with Gasteiger partial charge in [0, 0.05) is 27.2 Å². The van der Waals surface area contributed by atoms with Crippen LogP contribution in [0.1, 0.15) is 33.1 Å². The molecular weight excluding hydrogens is 252 g/mol. The summed E-state index contributed by atoms with van der Waals surface area (Å²) in [5.41, 5.74) is 0. The SMILES string of the molecule is CNc1nc(NC2CC(C)CC(C)C2)nc(N(C)C)n1. The molecule has 2 N–H and O–H groups in total. The second-order valence-electron chi connectivity index (χ2n) is 6.19. The minimum Gasteiger partial charge on any atom is -0.357 e. The van der Waals surface area contributed by atoms with Gasteiger partial charge >= 0.3 is 0 Å².